The lowest BCUT2D eigenvalue weighted by atomic mass is 10.1. The summed E-state index contributed by atoms with van der Waals surface area (Å²) in [5.74, 6) is 2.10. The van der Waals surface area contributed by atoms with E-state index in [0.717, 1.165) is 36.4 Å². The van der Waals surface area contributed by atoms with Crippen molar-refractivity contribution in [3.05, 3.63) is 23.8 Å². The van der Waals surface area contributed by atoms with Gasteiger partial charge in [-0.05, 0) is 51.3 Å². The molecular formula is C22H38N4O4. The molecule has 8 heteroatoms. The standard InChI is InChI=1S/C22H38N4O4/c1-6-28-15-9-13-23-22(25-17-21(27)26(4)5)24-14-12-18-10-11-19(29-7-2)20(16-18)30-8-3/h10-11,16H,6-9,12-15,17H2,1-5H3,(H2,23,24,25). The van der Waals surface area contributed by atoms with Crippen LogP contribution in [0.1, 0.15) is 32.8 Å². The van der Waals surface area contributed by atoms with Crippen molar-refractivity contribution < 1.29 is 19.0 Å². The number of carbonyl (C=O) groups excluding carboxylic acids is 1. The first-order valence-electron chi connectivity index (χ1n) is 10.7. The van der Waals surface area contributed by atoms with Crippen molar-refractivity contribution in [2.24, 2.45) is 4.99 Å². The smallest absolute Gasteiger partial charge is 0.243 e. The number of nitrogens with one attached hydrogen (secondary N) is 2. The Bertz CT molecular complexity index is 650. The highest BCUT2D eigenvalue weighted by Gasteiger charge is 2.07. The highest BCUT2D eigenvalue weighted by Crippen LogP contribution is 2.28. The van der Waals surface area contributed by atoms with E-state index in [4.69, 9.17) is 14.2 Å². The topological polar surface area (TPSA) is 84.4 Å². The van der Waals surface area contributed by atoms with Gasteiger partial charge in [-0.3, -0.25) is 4.79 Å². The molecule has 0 unspecified atom stereocenters. The molecule has 8 nitrogen and oxygen atoms in total. The molecule has 2 N–H and O–H groups in total. The van der Waals surface area contributed by atoms with Crippen LogP contribution in [0.2, 0.25) is 0 Å². The normalized spacial score (nSPS) is 11.2. The molecule has 0 aliphatic rings. The Morgan fingerprint density at radius 2 is 1.70 bits per heavy atom. The molecule has 0 saturated carbocycles. The van der Waals surface area contributed by atoms with Crippen molar-refractivity contribution in [3.8, 4) is 11.5 Å². The van der Waals surface area contributed by atoms with Gasteiger partial charge in [-0.25, -0.2) is 4.99 Å². The summed E-state index contributed by atoms with van der Waals surface area (Å²) in [5.41, 5.74) is 1.13. The molecule has 0 aromatic heterocycles. The van der Waals surface area contributed by atoms with Crippen LogP contribution in [0.3, 0.4) is 0 Å². The number of rotatable bonds is 14. The Morgan fingerprint density at radius 1 is 1.00 bits per heavy atom. The molecule has 30 heavy (non-hydrogen) atoms. The molecule has 0 fully saturated rings. The van der Waals surface area contributed by atoms with E-state index in [-0.39, 0.29) is 12.5 Å². The van der Waals surface area contributed by atoms with Crippen molar-refractivity contribution >= 4 is 11.9 Å². The number of aliphatic imine (C=N–C) groups is 1. The molecule has 0 spiro atoms. The van der Waals surface area contributed by atoms with E-state index in [0.29, 0.717) is 38.9 Å². The van der Waals surface area contributed by atoms with Gasteiger partial charge in [0.05, 0.1) is 13.2 Å². The van der Waals surface area contributed by atoms with E-state index < -0.39 is 0 Å². The van der Waals surface area contributed by atoms with Gasteiger partial charge < -0.3 is 29.7 Å². The number of likely N-dealkylation sites (N-methyl/N-ethyl adjacent to an activating group) is 1. The van der Waals surface area contributed by atoms with E-state index in [9.17, 15) is 4.79 Å². The summed E-state index contributed by atoms with van der Waals surface area (Å²) in [7, 11) is 3.45. The third kappa shape index (κ3) is 10.3. The second kappa shape index (κ2) is 15.4. The second-order valence-electron chi connectivity index (χ2n) is 6.75. The molecule has 0 aliphatic heterocycles. The maximum absolute atomic E-state index is 11.9. The zero-order valence-electron chi connectivity index (χ0n) is 19.1. The van der Waals surface area contributed by atoms with Crippen LogP contribution in [-0.4, -0.2) is 76.9 Å². The van der Waals surface area contributed by atoms with Crippen LogP contribution in [0.4, 0.5) is 0 Å². The average molecular weight is 423 g/mol. The highest BCUT2D eigenvalue weighted by atomic mass is 16.5. The molecule has 1 amide bonds. The van der Waals surface area contributed by atoms with Gasteiger partial charge in [0.2, 0.25) is 5.91 Å². The average Bonchev–Trinajstić information content (AvgIpc) is 2.73. The van der Waals surface area contributed by atoms with Crippen LogP contribution in [0, 0.1) is 0 Å². The number of benzene rings is 1. The Balaban J connectivity index is 2.64. The third-order valence-electron chi connectivity index (χ3n) is 4.15. The van der Waals surface area contributed by atoms with E-state index in [1.54, 1.807) is 14.1 Å². The Morgan fingerprint density at radius 3 is 2.37 bits per heavy atom. The van der Waals surface area contributed by atoms with E-state index in [2.05, 4.69) is 15.6 Å². The van der Waals surface area contributed by atoms with Crippen molar-refractivity contribution in [2.45, 2.75) is 33.6 Å². The minimum absolute atomic E-state index is 0.0433. The number of nitrogens with zero attached hydrogens (tertiary/aromatic N) is 2. The van der Waals surface area contributed by atoms with Gasteiger partial charge in [-0.15, -0.1) is 0 Å². The zero-order chi connectivity index (χ0) is 22.2. The van der Waals surface area contributed by atoms with Crippen LogP contribution in [0.5, 0.6) is 11.5 Å². The monoisotopic (exact) mass is 422 g/mol. The van der Waals surface area contributed by atoms with E-state index in [1.807, 2.05) is 39.0 Å². The molecule has 170 valence electrons. The highest BCUT2D eigenvalue weighted by molar-refractivity contribution is 5.84. The van der Waals surface area contributed by atoms with Gasteiger partial charge in [-0.2, -0.15) is 0 Å². The molecule has 0 radical (unpaired) electrons. The summed E-state index contributed by atoms with van der Waals surface area (Å²) in [5, 5.41) is 6.56. The molecule has 1 aromatic rings. The molecule has 0 heterocycles. The van der Waals surface area contributed by atoms with Gasteiger partial charge in [0.1, 0.15) is 6.54 Å². The predicted molar refractivity (Wildman–Crippen MR) is 121 cm³/mol. The summed E-state index contributed by atoms with van der Waals surface area (Å²) >= 11 is 0. The summed E-state index contributed by atoms with van der Waals surface area (Å²) in [6, 6.07) is 6.00. The molecule has 0 atom stereocenters. The SMILES string of the molecule is CCOCCCNC(=NCC(=O)N(C)C)NCCc1ccc(OCC)c(OCC)c1. The Hall–Kier alpha value is -2.48. The van der Waals surface area contributed by atoms with Gasteiger partial charge in [0, 0.05) is 40.4 Å². The van der Waals surface area contributed by atoms with Gasteiger partial charge in [0.25, 0.3) is 0 Å². The molecule has 1 rings (SSSR count). The first kappa shape index (κ1) is 25.6. The lowest BCUT2D eigenvalue weighted by Crippen LogP contribution is -2.40. The van der Waals surface area contributed by atoms with Crippen LogP contribution in [0.15, 0.2) is 23.2 Å². The maximum Gasteiger partial charge on any atom is 0.243 e. The molecule has 0 bridgehead atoms. The van der Waals surface area contributed by atoms with E-state index >= 15 is 0 Å². The Kier molecular flexibility index (Phi) is 13.1. The number of guanidine groups is 1. The molecule has 1 aromatic carbocycles. The Labute approximate surface area is 181 Å². The molecule has 0 saturated heterocycles. The molecular weight excluding hydrogens is 384 g/mol. The van der Waals surface area contributed by atoms with Gasteiger partial charge in [-0.1, -0.05) is 6.07 Å². The first-order valence-corrected chi connectivity index (χ1v) is 10.7. The largest absolute Gasteiger partial charge is 0.490 e. The van der Waals surface area contributed by atoms with Crippen molar-refractivity contribution in [1.82, 2.24) is 15.5 Å². The summed E-state index contributed by atoms with van der Waals surface area (Å²) in [6.45, 7) is 9.98. The van der Waals surface area contributed by atoms with Crippen LogP contribution >= 0.6 is 0 Å². The van der Waals surface area contributed by atoms with Crippen molar-refractivity contribution in [3.63, 3.8) is 0 Å². The maximum atomic E-state index is 11.9. The van der Waals surface area contributed by atoms with Gasteiger partial charge in [0.15, 0.2) is 17.5 Å². The zero-order valence-corrected chi connectivity index (χ0v) is 19.1. The summed E-state index contributed by atoms with van der Waals surface area (Å²) in [4.78, 5) is 17.8. The van der Waals surface area contributed by atoms with E-state index in [1.165, 1.54) is 4.90 Å². The number of carbonyl (C=O) groups is 1. The van der Waals surface area contributed by atoms with Crippen LogP contribution in [-0.2, 0) is 16.0 Å². The summed E-state index contributed by atoms with van der Waals surface area (Å²) in [6.07, 6.45) is 1.65. The van der Waals surface area contributed by atoms with Crippen LogP contribution in [0.25, 0.3) is 0 Å². The predicted octanol–water partition coefficient (Wildman–Crippen LogP) is 2.08. The third-order valence-corrected chi connectivity index (χ3v) is 4.15. The fourth-order valence-electron chi connectivity index (χ4n) is 2.56. The number of amides is 1. The lowest BCUT2D eigenvalue weighted by Gasteiger charge is -2.15. The summed E-state index contributed by atoms with van der Waals surface area (Å²) < 4.78 is 16.7. The van der Waals surface area contributed by atoms with Gasteiger partial charge >= 0.3 is 0 Å². The quantitative estimate of drug-likeness (QED) is 0.271. The lowest BCUT2D eigenvalue weighted by molar-refractivity contribution is -0.127. The number of hydrogen-bond donors (Lipinski definition) is 2. The second-order valence-corrected chi connectivity index (χ2v) is 6.75. The fraction of sp³-hybridized carbons (Fsp3) is 0.636. The number of hydrogen-bond acceptors (Lipinski definition) is 5. The number of ether oxygens (including phenoxy) is 3. The first-order chi connectivity index (χ1) is 14.5. The van der Waals surface area contributed by atoms with Crippen LogP contribution < -0.4 is 20.1 Å². The van der Waals surface area contributed by atoms with Crippen molar-refractivity contribution in [2.75, 3.05) is 60.2 Å². The fourth-order valence-corrected chi connectivity index (χ4v) is 2.56. The minimum atomic E-state index is -0.0433. The van der Waals surface area contributed by atoms with Crippen molar-refractivity contribution in [1.29, 1.82) is 0 Å². The molecule has 0 aliphatic carbocycles. The minimum Gasteiger partial charge on any atom is -0.490 e.